The Morgan fingerprint density at radius 2 is 1.74 bits per heavy atom. The SMILES string of the molecule is CCNCc1cccc(NC(=O)c2cccc(CN3CCN(C)CC3)c2)c1. The Morgan fingerprint density at radius 1 is 1.00 bits per heavy atom. The maximum absolute atomic E-state index is 12.7. The van der Waals surface area contributed by atoms with Gasteiger partial charge in [0.25, 0.3) is 5.91 Å². The average Bonchev–Trinajstić information content (AvgIpc) is 2.69. The van der Waals surface area contributed by atoms with Crippen LogP contribution in [0.1, 0.15) is 28.4 Å². The number of benzene rings is 2. The molecule has 2 N–H and O–H groups in total. The van der Waals surface area contributed by atoms with Crippen molar-refractivity contribution in [1.82, 2.24) is 15.1 Å². The van der Waals surface area contributed by atoms with E-state index in [4.69, 9.17) is 0 Å². The lowest BCUT2D eigenvalue weighted by molar-refractivity contribution is 0.102. The van der Waals surface area contributed by atoms with Crippen LogP contribution in [0.25, 0.3) is 0 Å². The third-order valence-electron chi connectivity index (χ3n) is 4.96. The normalized spacial score (nSPS) is 15.6. The van der Waals surface area contributed by atoms with Crippen molar-refractivity contribution in [3.63, 3.8) is 0 Å². The standard InChI is InChI=1S/C22H30N4O/c1-3-23-16-18-6-5-9-21(15-18)24-22(27)20-8-4-7-19(14-20)17-26-12-10-25(2)11-13-26/h4-9,14-15,23H,3,10-13,16-17H2,1-2H3,(H,24,27). The second kappa shape index (κ2) is 9.65. The zero-order valence-corrected chi connectivity index (χ0v) is 16.4. The zero-order valence-electron chi connectivity index (χ0n) is 16.4. The van der Waals surface area contributed by atoms with E-state index in [1.165, 1.54) is 11.1 Å². The molecule has 144 valence electrons. The molecular formula is C22H30N4O. The highest BCUT2D eigenvalue weighted by Crippen LogP contribution is 2.15. The Hall–Kier alpha value is -2.21. The molecule has 0 atom stereocenters. The number of amides is 1. The van der Waals surface area contributed by atoms with Gasteiger partial charge in [-0.1, -0.05) is 31.2 Å². The second-order valence-electron chi connectivity index (χ2n) is 7.21. The van der Waals surface area contributed by atoms with E-state index in [1.807, 2.05) is 36.4 Å². The summed E-state index contributed by atoms with van der Waals surface area (Å²) in [6.07, 6.45) is 0. The number of nitrogens with one attached hydrogen (secondary N) is 2. The molecule has 0 saturated carbocycles. The van der Waals surface area contributed by atoms with Crippen molar-refractivity contribution in [2.24, 2.45) is 0 Å². The lowest BCUT2D eigenvalue weighted by Crippen LogP contribution is -2.43. The number of rotatable bonds is 7. The molecule has 0 aliphatic carbocycles. The molecule has 27 heavy (non-hydrogen) atoms. The van der Waals surface area contributed by atoms with Crippen LogP contribution in [-0.4, -0.2) is 55.5 Å². The minimum absolute atomic E-state index is 0.0594. The molecule has 0 radical (unpaired) electrons. The summed E-state index contributed by atoms with van der Waals surface area (Å²) in [5, 5.41) is 6.33. The number of carbonyl (C=O) groups is 1. The van der Waals surface area contributed by atoms with Crippen LogP contribution in [0.15, 0.2) is 48.5 Å². The Morgan fingerprint density at radius 3 is 2.52 bits per heavy atom. The number of piperazine rings is 1. The third kappa shape index (κ3) is 5.89. The minimum atomic E-state index is -0.0594. The van der Waals surface area contributed by atoms with E-state index < -0.39 is 0 Å². The lowest BCUT2D eigenvalue weighted by atomic mass is 10.1. The first kappa shape index (κ1) is 19.5. The van der Waals surface area contributed by atoms with Crippen molar-refractivity contribution < 1.29 is 4.79 Å². The Bertz CT molecular complexity index is 753. The quantitative estimate of drug-likeness (QED) is 0.791. The largest absolute Gasteiger partial charge is 0.322 e. The molecule has 2 aromatic rings. The minimum Gasteiger partial charge on any atom is -0.322 e. The van der Waals surface area contributed by atoms with Gasteiger partial charge in [-0.2, -0.15) is 0 Å². The van der Waals surface area contributed by atoms with Crippen molar-refractivity contribution in [2.45, 2.75) is 20.0 Å². The number of likely N-dealkylation sites (N-methyl/N-ethyl adjacent to an activating group) is 1. The fraction of sp³-hybridized carbons (Fsp3) is 0.409. The first-order valence-corrected chi connectivity index (χ1v) is 9.75. The van der Waals surface area contributed by atoms with Gasteiger partial charge in [0.15, 0.2) is 0 Å². The first-order chi connectivity index (χ1) is 13.1. The maximum atomic E-state index is 12.7. The van der Waals surface area contributed by atoms with Crippen LogP contribution in [0.4, 0.5) is 5.69 Å². The van der Waals surface area contributed by atoms with Gasteiger partial charge in [0, 0.05) is 50.5 Å². The van der Waals surface area contributed by atoms with Gasteiger partial charge in [-0.05, 0) is 49.0 Å². The maximum Gasteiger partial charge on any atom is 0.255 e. The van der Waals surface area contributed by atoms with Gasteiger partial charge in [-0.25, -0.2) is 0 Å². The van der Waals surface area contributed by atoms with Crippen LogP contribution in [-0.2, 0) is 13.1 Å². The van der Waals surface area contributed by atoms with Gasteiger partial charge in [0.2, 0.25) is 0 Å². The van der Waals surface area contributed by atoms with Gasteiger partial charge in [-0.3, -0.25) is 9.69 Å². The van der Waals surface area contributed by atoms with Crippen molar-refractivity contribution in [3.05, 3.63) is 65.2 Å². The van der Waals surface area contributed by atoms with E-state index >= 15 is 0 Å². The topological polar surface area (TPSA) is 47.6 Å². The molecule has 5 heteroatoms. The van der Waals surface area contributed by atoms with Gasteiger partial charge >= 0.3 is 0 Å². The Labute approximate surface area is 162 Å². The number of carbonyl (C=O) groups excluding carboxylic acids is 1. The summed E-state index contributed by atoms with van der Waals surface area (Å²) < 4.78 is 0. The Balaban J connectivity index is 1.61. The van der Waals surface area contributed by atoms with E-state index in [-0.39, 0.29) is 5.91 Å². The fourth-order valence-corrected chi connectivity index (χ4v) is 3.31. The smallest absolute Gasteiger partial charge is 0.255 e. The summed E-state index contributed by atoms with van der Waals surface area (Å²) in [6.45, 7) is 9.06. The molecule has 1 aliphatic rings. The van der Waals surface area contributed by atoms with Crippen LogP contribution in [0, 0.1) is 0 Å². The number of nitrogens with zero attached hydrogens (tertiary/aromatic N) is 2. The predicted molar refractivity (Wildman–Crippen MR) is 111 cm³/mol. The van der Waals surface area contributed by atoms with Crippen molar-refractivity contribution in [1.29, 1.82) is 0 Å². The van der Waals surface area contributed by atoms with E-state index in [2.05, 4.69) is 46.5 Å². The molecule has 1 saturated heterocycles. The lowest BCUT2D eigenvalue weighted by Gasteiger charge is -2.32. The van der Waals surface area contributed by atoms with Gasteiger partial charge in [0.05, 0.1) is 0 Å². The van der Waals surface area contributed by atoms with Crippen LogP contribution in [0.5, 0.6) is 0 Å². The number of hydrogen-bond acceptors (Lipinski definition) is 4. The third-order valence-corrected chi connectivity index (χ3v) is 4.96. The highest BCUT2D eigenvalue weighted by atomic mass is 16.1. The van der Waals surface area contributed by atoms with Gasteiger partial charge in [-0.15, -0.1) is 0 Å². The summed E-state index contributed by atoms with van der Waals surface area (Å²) in [5.74, 6) is -0.0594. The molecule has 0 aromatic heterocycles. The molecule has 3 rings (SSSR count). The molecule has 1 amide bonds. The number of hydrogen-bond donors (Lipinski definition) is 2. The van der Waals surface area contributed by atoms with E-state index in [1.54, 1.807) is 0 Å². The van der Waals surface area contributed by atoms with E-state index in [0.717, 1.165) is 51.5 Å². The molecule has 0 bridgehead atoms. The molecule has 5 nitrogen and oxygen atoms in total. The van der Waals surface area contributed by atoms with Gasteiger partial charge < -0.3 is 15.5 Å². The second-order valence-corrected chi connectivity index (χ2v) is 7.21. The van der Waals surface area contributed by atoms with E-state index in [9.17, 15) is 4.79 Å². The monoisotopic (exact) mass is 366 g/mol. The van der Waals surface area contributed by atoms with Crippen molar-refractivity contribution >= 4 is 11.6 Å². The summed E-state index contributed by atoms with van der Waals surface area (Å²) in [4.78, 5) is 17.5. The van der Waals surface area contributed by atoms with Crippen LogP contribution >= 0.6 is 0 Å². The summed E-state index contributed by atoms with van der Waals surface area (Å²) in [6, 6.07) is 16.0. The number of anilines is 1. The van der Waals surface area contributed by atoms with E-state index in [0.29, 0.717) is 5.56 Å². The highest BCUT2D eigenvalue weighted by Gasteiger charge is 2.14. The molecule has 0 spiro atoms. The first-order valence-electron chi connectivity index (χ1n) is 9.75. The molecule has 1 heterocycles. The van der Waals surface area contributed by atoms with Crippen LogP contribution in [0.3, 0.4) is 0 Å². The molecule has 1 aliphatic heterocycles. The predicted octanol–water partition coefficient (Wildman–Crippen LogP) is 2.80. The zero-order chi connectivity index (χ0) is 19.1. The van der Waals surface area contributed by atoms with Crippen LogP contribution < -0.4 is 10.6 Å². The highest BCUT2D eigenvalue weighted by molar-refractivity contribution is 6.04. The molecule has 1 fully saturated rings. The van der Waals surface area contributed by atoms with Crippen molar-refractivity contribution in [3.8, 4) is 0 Å². The summed E-state index contributed by atoms with van der Waals surface area (Å²) in [7, 11) is 2.16. The molecule has 0 unspecified atom stereocenters. The fourth-order valence-electron chi connectivity index (χ4n) is 3.31. The average molecular weight is 367 g/mol. The summed E-state index contributed by atoms with van der Waals surface area (Å²) >= 11 is 0. The molecular weight excluding hydrogens is 336 g/mol. The molecule has 2 aromatic carbocycles. The van der Waals surface area contributed by atoms with Gasteiger partial charge in [0.1, 0.15) is 0 Å². The van der Waals surface area contributed by atoms with Crippen molar-refractivity contribution in [2.75, 3.05) is 45.1 Å². The Kier molecular flexibility index (Phi) is 6.98. The van der Waals surface area contributed by atoms with Crippen LogP contribution in [0.2, 0.25) is 0 Å². The summed E-state index contributed by atoms with van der Waals surface area (Å²) in [5.41, 5.74) is 3.89.